The van der Waals surface area contributed by atoms with Gasteiger partial charge in [0.25, 0.3) is 0 Å². The molecule has 0 amide bonds. The molecule has 3 N–H and O–H groups in total. The summed E-state index contributed by atoms with van der Waals surface area (Å²) in [5.41, 5.74) is 6.40. The first kappa shape index (κ1) is 36.7. The third kappa shape index (κ3) is 9.44. The molecule has 2 fully saturated rings. The van der Waals surface area contributed by atoms with E-state index in [0.717, 1.165) is 71.5 Å². The van der Waals surface area contributed by atoms with Gasteiger partial charge in [0.05, 0.1) is 18.4 Å². The zero-order valence-corrected chi connectivity index (χ0v) is 30.9. The fraction of sp³-hybridized carbons (Fsp3) is 0.439. The maximum atomic E-state index is 11.7. The minimum atomic E-state index is -0.734. The first-order valence-electron chi connectivity index (χ1n) is 17.6. The molecule has 0 spiro atoms. The number of hydrogen-bond donors (Lipinski definition) is 3. The highest BCUT2D eigenvalue weighted by atomic mass is 35.5. The van der Waals surface area contributed by atoms with Crippen molar-refractivity contribution in [2.45, 2.75) is 75.4 Å². The zero-order chi connectivity index (χ0) is 35.3. The molecule has 0 radical (unpaired) electrons. The Balaban J connectivity index is 1.30. The number of aliphatic carboxylic acids is 2. The van der Waals surface area contributed by atoms with Gasteiger partial charge in [-0.2, -0.15) is 23.5 Å². The fourth-order valence-corrected chi connectivity index (χ4v) is 10.2. The summed E-state index contributed by atoms with van der Waals surface area (Å²) in [6.45, 7) is 2.13. The summed E-state index contributed by atoms with van der Waals surface area (Å²) in [7, 11) is 0. The molecule has 4 aromatic rings. The summed E-state index contributed by atoms with van der Waals surface area (Å²) in [6, 6.07) is 27.2. The second-order valence-electron chi connectivity index (χ2n) is 14.6. The SMILES string of the molecule is CC(CO)c1ccccc1C(CCSCC1(CC(=O)O)CC1)c1cccc([C@@H](Cc2ccc3ccc(Cl)cc3n2)SCC2(CC(=O)O)CC2)c1. The van der Waals surface area contributed by atoms with E-state index in [1.807, 2.05) is 47.8 Å². The summed E-state index contributed by atoms with van der Waals surface area (Å²) in [5.74, 6) is 1.18. The molecule has 9 heteroatoms. The predicted octanol–water partition coefficient (Wildman–Crippen LogP) is 9.77. The maximum absolute atomic E-state index is 11.7. The number of nitrogens with zero attached hydrogens (tertiary/aromatic N) is 1. The third-order valence-electron chi connectivity index (χ3n) is 10.5. The lowest BCUT2D eigenvalue weighted by Gasteiger charge is -2.26. The highest BCUT2D eigenvalue weighted by Gasteiger charge is 2.45. The van der Waals surface area contributed by atoms with Crippen molar-refractivity contribution in [2.75, 3.05) is 23.9 Å². The van der Waals surface area contributed by atoms with Crippen molar-refractivity contribution < 1.29 is 24.9 Å². The summed E-state index contributed by atoms with van der Waals surface area (Å²) >= 11 is 10.0. The monoisotopic (exact) mass is 731 g/mol. The molecule has 264 valence electrons. The molecule has 0 bridgehead atoms. The lowest BCUT2D eigenvalue weighted by molar-refractivity contribution is -0.139. The largest absolute Gasteiger partial charge is 0.481 e. The number of aromatic nitrogens is 1. The van der Waals surface area contributed by atoms with Gasteiger partial charge in [-0.15, -0.1) is 0 Å². The normalized spacial score (nSPS) is 17.6. The van der Waals surface area contributed by atoms with Crippen molar-refractivity contribution in [2.24, 2.45) is 10.8 Å². The highest BCUT2D eigenvalue weighted by molar-refractivity contribution is 7.99. The first-order chi connectivity index (χ1) is 24.1. The van der Waals surface area contributed by atoms with Gasteiger partial charge in [0.1, 0.15) is 0 Å². The second-order valence-corrected chi connectivity index (χ2v) is 17.3. The number of fused-ring (bicyclic) bond motifs is 1. The number of rotatable bonds is 19. The molecular formula is C41H46ClNO5S2. The van der Waals surface area contributed by atoms with Crippen molar-refractivity contribution in [1.82, 2.24) is 4.98 Å². The van der Waals surface area contributed by atoms with Crippen LogP contribution in [-0.2, 0) is 16.0 Å². The number of hydrogen-bond acceptors (Lipinski definition) is 6. The Morgan fingerprint density at radius 3 is 2.18 bits per heavy atom. The summed E-state index contributed by atoms with van der Waals surface area (Å²) in [6.07, 6.45) is 5.89. The average molecular weight is 732 g/mol. The van der Waals surface area contributed by atoms with E-state index in [4.69, 9.17) is 16.6 Å². The van der Waals surface area contributed by atoms with E-state index in [1.54, 1.807) is 0 Å². The molecule has 0 saturated heterocycles. The van der Waals surface area contributed by atoms with Crippen LogP contribution < -0.4 is 0 Å². The summed E-state index contributed by atoms with van der Waals surface area (Å²) < 4.78 is 0. The van der Waals surface area contributed by atoms with Gasteiger partial charge in [0.2, 0.25) is 0 Å². The van der Waals surface area contributed by atoms with Crippen molar-refractivity contribution >= 4 is 58.0 Å². The first-order valence-corrected chi connectivity index (χ1v) is 20.1. The molecule has 2 saturated carbocycles. The number of carboxylic acid groups (broad SMARTS) is 2. The van der Waals surface area contributed by atoms with Crippen LogP contribution in [0.5, 0.6) is 0 Å². The van der Waals surface area contributed by atoms with Crippen LogP contribution in [-0.4, -0.2) is 56.1 Å². The molecule has 2 unspecified atom stereocenters. The zero-order valence-electron chi connectivity index (χ0n) is 28.5. The molecule has 1 aromatic heterocycles. The number of carboxylic acids is 2. The number of aliphatic hydroxyl groups excluding tert-OH is 1. The van der Waals surface area contributed by atoms with E-state index in [-0.39, 0.29) is 47.4 Å². The van der Waals surface area contributed by atoms with Gasteiger partial charge in [0, 0.05) is 52.0 Å². The van der Waals surface area contributed by atoms with Crippen LogP contribution in [0.2, 0.25) is 5.02 Å². The van der Waals surface area contributed by atoms with Crippen LogP contribution in [0.1, 0.15) is 96.9 Å². The molecule has 3 aromatic carbocycles. The lowest BCUT2D eigenvalue weighted by atomic mass is 9.82. The molecule has 3 atom stereocenters. The van der Waals surface area contributed by atoms with Crippen molar-refractivity contribution in [1.29, 1.82) is 0 Å². The number of carbonyl (C=O) groups is 2. The Hall–Kier alpha value is -3.04. The molecular weight excluding hydrogens is 686 g/mol. The van der Waals surface area contributed by atoms with Gasteiger partial charge in [-0.05, 0) is 94.9 Å². The smallest absolute Gasteiger partial charge is 0.303 e. The minimum Gasteiger partial charge on any atom is -0.481 e. The van der Waals surface area contributed by atoms with Crippen LogP contribution in [0.3, 0.4) is 0 Å². The number of aliphatic hydroxyl groups is 1. The van der Waals surface area contributed by atoms with Gasteiger partial charge in [-0.3, -0.25) is 14.6 Å². The van der Waals surface area contributed by atoms with E-state index in [2.05, 4.69) is 61.5 Å². The number of benzene rings is 3. The van der Waals surface area contributed by atoms with Crippen molar-refractivity contribution in [3.8, 4) is 0 Å². The topological polar surface area (TPSA) is 108 Å². The predicted molar refractivity (Wildman–Crippen MR) is 206 cm³/mol. The Morgan fingerprint density at radius 1 is 0.840 bits per heavy atom. The standard InChI is InChI=1S/C41H46ClNO5S2/c1-27(24-44)33-7-2-3-8-35(33)34(13-18-49-25-40(14-15-40)22-38(45)46)29-5-4-6-30(19-29)37(50-26-41(16-17-41)23-39(47)48)21-32-12-10-28-9-11-31(42)20-36(28)43-32/h2-12,19-20,27,34,37,44H,13-18,21-26H2,1H3,(H,45,46)(H,47,48)/t27?,34?,37-/m1/s1. The van der Waals surface area contributed by atoms with Crippen LogP contribution in [0.15, 0.2) is 78.9 Å². The van der Waals surface area contributed by atoms with Gasteiger partial charge in [0.15, 0.2) is 0 Å². The molecule has 6 rings (SSSR count). The molecule has 1 heterocycles. The summed E-state index contributed by atoms with van der Waals surface area (Å²) in [5, 5.41) is 31.0. The average Bonchev–Trinajstić information content (AvgIpc) is 4.04. The minimum absolute atomic E-state index is 0.00501. The van der Waals surface area contributed by atoms with Crippen molar-refractivity contribution in [3.63, 3.8) is 0 Å². The second kappa shape index (κ2) is 16.1. The maximum Gasteiger partial charge on any atom is 0.303 e. The third-order valence-corrected chi connectivity index (χ3v) is 13.7. The Labute approximate surface area is 308 Å². The molecule has 6 nitrogen and oxygen atoms in total. The van der Waals surface area contributed by atoms with Crippen molar-refractivity contribution in [3.05, 3.63) is 112 Å². The molecule has 0 aliphatic heterocycles. The van der Waals surface area contributed by atoms with Crippen LogP contribution in [0.25, 0.3) is 10.9 Å². The number of thioether (sulfide) groups is 2. The van der Waals surface area contributed by atoms with E-state index < -0.39 is 11.9 Å². The van der Waals surface area contributed by atoms with E-state index in [0.29, 0.717) is 11.4 Å². The summed E-state index contributed by atoms with van der Waals surface area (Å²) in [4.78, 5) is 28.2. The Kier molecular flexibility index (Phi) is 11.8. The molecule has 50 heavy (non-hydrogen) atoms. The lowest BCUT2D eigenvalue weighted by Crippen LogP contribution is -2.14. The Bertz CT molecular complexity index is 1820. The highest BCUT2D eigenvalue weighted by Crippen LogP contribution is 2.54. The van der Waals surface area contributed by atoms with Gasteiger partial charge >= 0.3 is 11.9 Å². The van der Waals surface area contributed by atoms with E-state index in [1.165, 1.54) is 16.7 Å². The van der Waals surface area contributed by atoms with Crippen LogP contribution in [0, 0.1) is 10.8 Å². The number of halogens is 1. The molecule has 2 aliphatic rings. The van der Waals surface area contributed by atoms with Gasteiger partial charge in [-0.25, -0.2) is 0 Å². The number of pyridine rings is 1. The van der Waals surface area contributed by atoms with Crippen LogP contribution >= 0.6 is 35.1 Å². The molecule has 2 aliphatic carbocycles. The Morgan fingerprint density at radius 2 is 1.50 bits per heavy atom. The fourth-order valence-electron chi connectivity index (χ4n) is 7.07. The van der Waals surface area contributed by atoms with Gasteiger partial charge < -0.3 is 15.3 Å². The van der Waals surface area contributed by atoms with Gasteiger partial charge in [-0.1, -0.05) is 79.2 Å². The quantitative estimate of drug-likeness (QED) is 0.0819. The van der Waals surface area contributed by atoms with E-state index in [9.17, 15) is 24.9 Å². The van der Waals surface area contributed by atoms with E-state index >= 15 is 0 Å². The van der Waals surface area contributed by atoms with Crippen LogP contribution in [0.4, 0.5) is 0 Å².